The van der Waals surface area contributed by atoms with Gasteiger partial charge in [-0.25, -0.2) is 0 Å². The van der Waals surface area contributed by atoms with Gasteiger partial charge in [-0.05, 0) is 18.4 Å². The highest BCUT2D eigenvalue weighted by Gasteiger charge is 2.33. The van der Waals surface area contributed by atoms with E-state index in [2.05, 4.69) is 0 Å². The molecule has 0 atom stereocenters. The van der Waals surface area contributed by atoms with E-state index in [0.29, 0.717) is 19.7 Å². The normalized spacial score (nSPS) is 17.2. The Balaban J connectivity index is 1.99. The lowest BCUT2D eigenvalue weighted by molar-refractivity contribution is -0.139. The quantitative estimate of drug-likeness (QED) is 0.842. The van der Waals surface area contributed by atoms with Gasteiger partial charge in [0.15, 0.2) is 0 Å². The molecule has 1 N–H and O–H groups in total. The number of amides is 1. The first kappa shape index (κ1) is 17.0. The molecule has 1 fully saturated rings. The fourth-order valence-corrected chi connectivity index (χ4v) is 3.08. The third kappa shape index (κ3) is 5.11. The summed E-state index contributed by atoms with van der Waals surface area (Å²) in [7, 11) is 1.64. The Kier molecular flexibility index (Phi) is 6.40. The molecular weight excluding hydrogens is 278 g/mol. The van der Waals surface area contributed by atoms with Crippen molar-refractivity contribution < 1.29 is 14.6 Å². The van der Waals surface area contributed by atoms with E-state index < -0.39 is 5.60 Å². The molecule has 0 unspecified atom stereocenters. The Hall–Kier alpha value is -1.39. The smallest absolute Gasteiger partial charge is 0.225 e. The zero-order valence-corrected chi connectivity index (χ0v) is 13.5. The van der Waals surface area contributed by atoms with Gasteiger partial charge >= 0.3 is 0 Å². The Bertz CT molecular complexity index is 455. The molecule has 1 aliphatic rings. The molecule has 1 saturated carbocycles. The molecular formula is C18H27NO3. The van der Waals surface area contributed by atoms with E-state index in [1.807, 2.05) is 30.3 Å². The number of hydrogen-bond donors (Lipinski definition) is 1. The summed E-state index contributed by atoms with van der Waals surface area (Å²) in [6.45, 7) is 1.64. The van der Waals surface area contributed by atoms with Gasteiger partial charge in [-0.2, -0.15) is 0 Å². The highest BCUT2D eigenvalue weighted by molar-refractivity contribution is 5.77. The van der Waals surface area contributed by atoms with E-state index in [1.165, 1.54) is 0 Å². The fourth-order valence-electron chi connectivity index (χ4n) is 3.08. The van der Waals surface area contributed by atoms with Gasteiger partial charge in [0.05, 0.1) is 18.6 Å². The summed E-state index contributed by atoms with van der Waals surface area (Å²) < 4.78 is 5.12. The van der Waals surface area contributed by atoms with Gasteiger partial charge in [0.1, 0.15) is 0 Å². The zero-order valence-electron chi connectivity index (χ0n) is 13.5. The molecule has 1 aliphatic carbocycles. The molecule has 0 aromatic heterocycles. The van der Waals surface area contributed by atoms with Gasteiger partial charge in [0, 0.05) is 20.2 Å². The lowest BCUT2D eigenvalue weighted by Crippen LogP contribution is -2.41. The van der Waals surface area contributed by atoms with Crippen molar-refractivity contribution in [2.45, 2.75) is 50.7 Å². The van der Waals surface area contributed by atoms with Crippen LogP contribution in [0.25, 0.3) is 0 Å². The van der Waals surface area contributed by atoms with Crippen LogP contribution in [0.5, 0.6) is 0 Å². The lowest BCUT2D eigenvalue weighted by Gasteiger charge is -2.33. The van der Waals surface area contributed by atoms with E-state index in [9.17, 15) is 9.90 Å². The molecule has 0 bridgehead atoms. The molecule has 22 heavy (non-hydrogen) atoms. The number of rotatable bonds is 7. The van der Waals surface area contributed by atoms with Crippen LogP contribution in [0.15, 0.2) is 30.3 Å². The first-order chi connectivity index (χ1) is 10.6. The van der Waals surface area contributed by atoms with Crippen LogP contribution in [0.3, 0.4) is 0 Å². The van der Waals surface area contributed by atoms with Crippen LogP contribution in [0.4, 0.5) is 0 Å². The molecule has 0 spiro atoms. The van der Waals surface area contributed by atoms with E-state index in [0.717, 1.165) is 37.7 Å². The standard InChI is InChI=1S/C18H27NO3/c1-22-13-12-19(15-16-8-4-2-5-9-16)17(20)14-18(21)10-6-3-7-11-18/h2,4-5,8-9,21H,3,6-7,10-15H2,1H3. The number of aliphatic hydroxyl groups is 1. The maximum absolute atomic E-state index is 12.6. The summed E-state index contributed by atoms with van der Waals surface area (Å²) in [4.78, 5) is 14.4. The van der Waals surface area contributed by atoms with Crippen LogP contribution in [-0.2, 0) is 16.1 Å². The average molecular weight is 305 g/mol. The SMILES string of the molecule is COCCN(Cc1ccccc1)C(=O)CC1(O)CCCCC1. The molecule has 122 valence electrons. The van der Waals surface area contributed by atoms with Crippen molar-refractivity contribution in [1.29, 1.82) is 0 Å². The van der Waals surface area contributed by atoms with Crippen LogP contribution >= 0.6 is 0 Å². The second kappa shape index (κ2) is 8.30. The molecule has 0 saturated heterocycles. The molecule has 4 nitrogen and oxygen atoms in total. The summed E-state index contributed by atoms with van der Waals surface area (Å²) >= 11 is 0. The maximum Gasteiger partial charge on any atom is 0.225 e. The predicted octanol–water partition coefficient (Wildman–Crippen LogP) is 2.75. The largest absolute Gasteiger partial charge is 0.389 e. The molecule has 0 heterocycles. The van der Waals surface area contributed by atoms with Crippen molar-refractivity contribution in [3.8, 4) is 0 Å². The number of nitrogens with zero attached hydrogens (tertiary/aromatic N) is 1. The molecule has 1 amide bonds. The Labute approximate surface area is 133 Å². The Morgan fingerprint density at radius 1 is 1.23 bits per heavy atom. The van der Waals surface area contributed by atoms with Gasteiger partial charge in [-0.15, -0.1) is 0 Å². The first-order valence-electron chi connectivity index (χ1n) is 8.16. The average Bonchev–Trinajstić information content (AvgIpc) is 2.52. The first-order valence-corrected chi connectivity index (χ1v) is 8.16. The summed E-state index contributed by atoms with van der Waals surface area (Å²) in [5, 5.41) is 10.6. The minimum absolute atomic E-state index is 0.0188. The Morgan fingerprint density at radius 3 is 2.55 bits per heavy atom. The molecule has 2 rings (SSSR count). The van der Waals surface area contributed by atoms with Crippen molar-refractivity contribution in [3.63, 3.8) is 0 Å². The van der Waals surface area contributed by atoms with Gasteiger partial charge in [0.25, 0.3) is 0 Å². The second-order valence-corrected chi connectivity index (χ2v) is 6.26. The topological polar surface area (TPSA) is 49.8 Å². The van der Waals surface area contributed by atoms with E-state index >= 15 is 0 Å². The molecule has 4 heteroatoms. The molecule has 1 aromatic rings. The molecule has 0 radical (unpaired) electrons. The van der Waals surface area contributed by atoms with Crippen LogP contribution in [0, 0.1) is 0 Å². The van der Waals surface area contributed by atoms with Crippen LogP contribution in [-0.4, -0.2) is 41.8 Å². The molecule has 1 aromatic carbocycles. The lowest BCUT2D eigenvalue weighted by atomic mass is 9.82. The van der Waals surface area contributed by atoms with Crippen molar-refractivity contribution in [2.75, 3.05) is 20.3 Å². The monoisotopic (exact) mass is 305 g/mol. The third-order valence-electron chi connectivity index (χ3n) is 4.40. The third-order valence-corrected chi connectivity index (χ3v) is 4.40. The van der Waals surface area contributed by atoms with Crippen LogP contribution in [0.2, 0.25) is 0 Å². The summed E-state index contributed by atoms with van der Waals surface area (Å²) in [5.74, 6) is 0.0188. The number of carbonyl (C=O) groups is 1. The van der Waals surface area contributed by atoms with Gasteiger partial charge in [-0.1, -0.05) is 49.6 Å². The Morgan fingerprint density at radius 2 is 1.91 bits per heavy atom. The number of carbonyl (C=O) groups excluding carboxylic acids is 1. The highest BCUT2D eigenvalue weighted by atomic mass is 16.5. The van der Waals surface area contributed by atoms with Crippen molar-refractivity contribution >= 4 is 5.91 Å². The minimum Gasteiger partial charge on any atom is -0.389 e. The predicted molar refractivity (Wildman–Crippen MR) is 86.4 cm³/mol. The van der Waals surface area contributed by atoms with Crippen molar-refractivity contribution in [2.24, 2.45) is 0 Å². The number of ether oxygens (including phenoxy) is 1. The maximum atomic E-state index is 12.6. The highest BCUT2D eigenvalue weighted by Crippen LogP contribution is 2.31. The van der Waals surface area contributed by atoms with Gasteiger partial charge in [-0.3, -0.25) is 4.79 Å². The van der Waals surface area contributed by atoms with E-state index in [-0.39, 0.29) is 12.3 Å². The summed E-state index contributed by atoms with van der Waals surface area (Å²) in [5.41, 5.74) is 0.291. The fraction of sp³-hybridized carbons (Fsp3) is 0.611. The number of methoxy groups -OCH3 is 1. The number of benzene rings is 1. The van der Waals surface area contributed by atoms with E-state index in [4.69, 9.17) is 4.74 Å². The summed E-state index contributed by atoms with van der Waals surface area (Å²) in [6, 6.07) is 9.95. The summed E-state index contributed by atoms with van der Waals surface area (Å²) in [6.07, 6.45) is 4.89. The van der Waals surface area contributed by atoms with E-state index in [1.54, 1.807) is 12.0 Å². The minimum atomic E-state index is -0.808. The zero-order chi connectivity index (χ0) is 15.8. The second-order valence-electron chi connectivity index (χ2n) is 6.26. The number of hydrogen-bond acceptors (Lipinski definition) is 3. The van der Waals surface area contributed by atoms with Gasteiger partial charge in [0.2, 0.25) is 5.91 Å². The van der Waals surface area contributed by atoms with Crippen LogP contribution < -0.4 is 0 Å². The van der Waals surface area contributed by atoms with Crippen molar-refractivity contribution in [1.82, 2.24) is 4.90 Å². The van der Waals surface area contributed by atoms with Crippen LogP contribution in [0.1, 0.15) is 44.1 Å². The molecule has 0 aliphatic heterocycles. The van der Waals surface area contributed by atoms with Gasteiger partial charge < -0.3 is 14.7 Å². The van der Waals surface area contributed by atoms with Crippen molar-refractivity contribution in [3.05, 3.63) is 35.9 Å².